The minimum absolute atomic E-state index is 0.370. The zero-order chi connectivity index (χ0) is 15.3. The molecule has 1 aromatic rings. The molecule has 0 spiro atoms. The quantitative estimate of drug-likeness (QED) is 0.832. The maximum atomic E-state index is 11.2. The summed E-state index contributed by atoms with van der Waals surface area (Å²) in [6, 6.07) is 3.67. The molecule has 0 amide bonds. The van der Waals surface area contributed by atoms with Gasteiger partial charge in [0.25, 0.3) is 0 Å². The van der Waals surface area contributed by atoms with Gasteiger partial charge in [0.15, 0.2) is 0 Å². The Morgan fingerprint density at radius 1 is 1.15 bits per heavy atom. The maximum Gasteiger partial charge on any atom is 0.309 e. The normalized spacial score (nSPS) is 11.2. The average molecular weight is 282 g/mol. The van der Waals surface area contributed by atoms with E-state index in [4.69, 9.17) is 14.2 Å². The van der Waals surface area contributed by atoms with Gasteiger partial charge in [-0.05, 0) is 38.0 Å². The van der Waals surface area contributed by atoms with Crippen LogP contribution in [0.5, 0.6) is 11.5 Å². The van der Waals surface area contributed by atoms with Crippen LogP contribution >= 0.6 is 0 Å². The molecular formula is C15H22O5. The van der Waals surface area contributed by atoms with Gasteiger partial charge in [-0.25, -0.2) is 0 Å². The Hall–Kier alpha value is -1.75. The van der Waals surface area contributed by atoms with Crippen LogP contribution in [0.3, 0.4) is 0 Å². The van der Waals surface area contributed by atoms with Crippen molar-refractivity contribution in [1.29, 1.82) is 0 Å². The summed E-state index contributed by atoms with van der Waals surface area (Å²) in [7, 11) is 4.74. The standard InChI is InChI=1S/C15H22O5/c1-15(2,14(16)17)8-10-6-12(19-4)11(9-18-3)13(7-10)20-5/h6-7H,8-9H2,1-5H3,(H,16,17). The highest BCUT2D eigenvalue weighted by molar-refractivity contribution is 5.74. The number of carboxylic acids is 1. The third-order valence-electron chi connectivity index (χ3n) is 3.18. The zero-order valence-corrected chi connectivity index (χ0v) is 12.6. The maximum absolute atomic E-state index is 11.2. The van der Waals surface area contributed by atoms with Gasteiger partial charge in [0.2, 0.25) is 0 Å². The van der Waals surface area contributed by atoms with Crippen molar-refractivity contribution in [3.63, 3.8) is 0 Å². The molecule has 0 atom stereocenters. The summed E-state index contributed by atoms with van der Waals surface area (Å²) in [6.07, 6.45) is 0.391. The van der Waals surface area contributed by atoms with Crippen molar-refractivity contribution in [2.75, 3.05) is 21.3 Å². The fraction of sp³-hybridized carbons (Fsp3) is 0.533. The number of methoxy groups -OCH3 is 3. The Balaban J connectivity index is 3.20. The smallest absolute Gasteiger partial charge is 0.309 e. The largest absolute Gasteiger partial charge is 0.496 e. The average Bonchev–Trinajstić information content (AvgIpc) is 2.39. The topological polar surface area (TPSA) is 65.0 Å². The molecule has 0 radical (unpaired) electrons. The van der Waals surface area contributed by atoms with Gasteiger partial charge in [0.05, 0.1) is 31.8 Å². The highest BCUT2D eigenvalue weighted by Gasteiger charge is 2.28. The highest BCUT2D eigenvalue weighted by Crippen LogP contribution is 2.33. The lowest BCUT2D eigenvalue weighted by molar-refractivity contribution is -0.146. The van der Waals surface area contributed by atoms with E-state index in [9.17, 15) is 9.90 Å². The molecule has 112 valence electrons. The van der Waals surface area contributed by atoms with Crippen LogP contribution in [0, 0.1) is 5.41 Å². The van der Waals surface area contributed by atoms with Gasteiger partial charge in [-0.3, -0.25) is 4.79 Å². The summed E-state index contributed by atoms with van der Waals surface area (Å²) in [5.74, 6) is 0.446. The second kappa shape index (κ2) is 6.61. The molecule has 1 rings (SSSR count). The lowest BCUT2D eigenvalue weighted by Crippen LogP contribution is -2.26. The van der Waals surface area contributed by atoms with E-state index < -0.39 is 11.4 Å². The van der Waals surface area contributed by atoms with Gasteiger partial charge in [-0.2, -0.15) is 0 Å². The Morgan fingerprint density at radius 3 is 2.00 bits per heavy atom. The SMILES string of the molecule is COCc1c(OC)cc(CC(C)(C)C(=O)O)cc1OC. The Labute approximate surface area is 119 Å². The number of benzene rings is 1. The molecule has 20 heavy (non-hydrogen) atoms. The Kier molecular flexibility index (Phi) is 5.39. The summed E-state index contributed by atoms with van der Waals surface area (Å²) in [4.78, 5) is 11.2. The van der Waals surface area contributed by atoms with E-state index >= 15 is 0 Å². The molecule has 1 N–H and O–H groups in total. The van der Waals surface area contributed by atoms with Crippen LogP contribution in [-0.2, 0) is 22.6 Å². The van der Waals surface area contributed by atoms with Gasteiger partial charge in [0, 0.05) is 7.11 Å². The molecular weight excluding hydrogens is 260 g/mol. The number of hydrogen-bond acceptors (Lipinski definition) is 4. The predicted molar refractivity (Wildman–Crippen MR) is 75.4 cm³/mol. The van der Waals surface area contributed by atoms with Crippen LogP contribution in [0.4, 0.5) is 0 Å². The molecule has 5 heteroatoms. The van der Waals surface area contributed by atoms with E-state index in [0.29, 0.717) is 24.5 Å². The second-order valence-corrected chi connectivity index (χ2v) is 5.28. The van der Waals surface area contributed by atoms with Gasteiger partial charge in [0.1, 0.15) is 11.5 Å². The van der Waals surface area contributed by atoms with E-state index in [-0.39, 0.29) is 0 Å². The fourth-order valence-corrected chi connectivity index (χ4v) is 2.01. The van der Waals surface area contributed by atoms with Crippen molar-refractivity contribution >= 4 is 5.97 Å². The molecule has 0 fully saturated rings. The van der Waals surface area contributed by atoms with Crippen LogP contribution in [0.1, 0.15) is 25.0 Å². The number of rotatable bonds is 7. The van der Waals surface area contributed by atoms with Crippen LogP contribution < -0.4 is 9.47 Å². The first kappa shape index (κ1) is 16.3. The summed E-state index contributed by atoms with van der Waals surface area (Å²) >= 11 is 0. The summed E-state index contributed by atoms with van der Waals surface area (Å²) < 4.78 is 15.8. The zero-order valence-electron chi connectivity index (χ0n) is 12.6. The van der Waals surface area contributed by atoms with Crippen LogP contribution in [0.25, 0.3) is 0 Å². The first-order valence-electron chi connectivity index (χ1n) is 6.31. The van der Waals surface area contributed by atoms with Gasteiger partial charge in [-0.1, -0.05) is 0 Å². The lowest BCUT2D eigenvalue weighted by atomic mass is 9.85. The minimum Gasteiger partial charge on any atom is -0.496 e. The fourth-order valence-electron chi connectivity index (χ4n) is 2.01. The predicted octanol–water partition coefficient (Wildman–Crippen LogP) is 2.50. The summed E-state index contributed by atoms with van der Waals surface area (Å²) in [6.45, 7) is 3.75. The molecule has 0 bridgehead atoms. The molecule has 0 heterocycles. The van der Waals surface area contributed by atoms with E-state index in [1.165, 1.54) is 0 Å². The van der Waals surface area contributed by atoms with Crippen molar-refractivity contribution in [2.24, 2.45) is 5.41 Å². The van der Waals surface area contributed by atoms with Crippen LogP contribution in [-0.4, -0.2) is 32.4 Å². The number of carbonyl (C=O) groups is 1. The molecule has 0 saturated heterocycles. The summed E-state index contributed by atoms with van der Waals surface area (Å²) in [5.41, 5.74) is 0.819. The molecule has 0 aliphatic heterocycles. The molecule has 0 unspecified atom stereocenters. The molecule has 0 aromatic heterocycles. The first-order chi connectivity index (χ1) is 9.35. The third-order valence-corrected chi connectivity index (χ3v) is 3.18. The molecule has 5 nitrogen and oxygen atoms in total. The number of aliphatic carboxylic acids is 1. The molecule has 0 aliphatic carbocycles. The minimum atomic E-state index is -0.848. The molecule has 0 aliphatic rings. The molecule has 0 saturated carbocycles. The van der Waals surface area contributed by atoms with Crippen molar-refractivity contribution in [2.45, 2.75) is 26.9 Å². The van der Waals surface area contributed by atoms with E-state index in [2.05, 4.69) is 0 Å². The Bertz CT molecular complexity index is 454. The van der Waals surface area contributed by atoms with Crippen molar-refractivity contribution in [1.82, 2.24) is 0 Å². The van der Waals surface area contributed by atoms with Gasteiger partial charge < -0.3 is 19.3 Å². The van der Waals surface area contributed by atoms with Crippen molar-refractivity contribution in [3.05, 3.63) is 23.3 Å². The highest BCUT2D eigenvalue weighted by atomic mass is 16.5. The third kappa shape index (κ3) is 3.63. The van der Waals surface area contributed by atoms with E-state index in [1.807, 2.05) is 12.1 Å². The Morgan fingerprint density at radius 2 is 1.65 bits per heavy atom. The van der Waals surface area contributed by atoms with Crippen LogP contribution in [0.2, 0.25) is 0 Å². The molecule has 1 aromatic carbocycles. The first-order valence-corrected chi connectivity index (χ1v) is 6.31. The van der Waals surface area contributed by atoms with Crippen molar-refractivity contribution < 1.29 is 24.1 Å². The van der Waals surface area contributed by atoms with E-state index in [1.54, 1.807) is 35.2 Å². The number of carboxylic acid groups (broad SMARTS) is 1. The van der Waals surface area contributed by atoms with Gasteiger partial charge >= 0.3 is 5.97 Å². The van der Waals surface area contributed by atoms with Crippen molar-refractivity contribution in [3.8, 4) is 11.5 Å². The van der Waals surface area contributed by atoms with Gasteiger partial charge in [-0.15, -0.1) is 0 Å². The number of hydrogen-bond donors (Lipinski definition) is 1. The monoisotopic (exact) mass is 282 g/mol. The summed E-state index contributed by atoms with van der Waals surface area (Å²) in [5, 5.41) is 9.21. The second-order valence-electron chi connectivity index (χ2n) is 5.28. The lowest BCUT2D eigenvalue weighted by Gasteiger charge is -2.21. The van der Waals surface area contributed by atoms with E-state index in [0.717, 1.165) is 11.1 Å². The van der Waals surface area contributed by atoms with Crippen LogP contribution in [0.15, 0.2) is 12.1 Å². The number of ether oxygens (including phenoxy) is 3.